The molecule has 174 valence electrons. The molecule has 0 aliphatic rings. The maximum atomic E-state index is 12.8. The third-order valence-corrected chi connectivity index (χ3v) is 6.83. The summed E-state index contributed by atoms with van der Waals surface area (Å²) in [5.74, 6) is 0.518. The molecule has 3 aromatic rings. The molecule has 0 heterocycles. The van der Waals surface area contributed by atoms with Gasteiger partial charge in [0.05, 0.1) is 31.6 Å². The highest BCUT2D eigenvalue weighted by molar-refractivity contribution is 7.92. The third-order valence-electron chi connectivity index (χ3n) is 5.32. The first kappa shape index (κ1) is 24.6. The summed E-state index contributed by atoms with van der Waals surface area (Å²) in [5.41, 5.74) is 2.57. The van der Waals surface area contributed by atoms with E-state index < -0.39 is 10.0 Å². The lowest BCUT2D eigenvalue weighted by atomic mass is 10.0. The second-order valence-corrected chi connectivity index (χ2v) is 9.93. The lowest BCUT2D eigenvalue weighted by Gasteiger charge is -2.23. The molecule has 3 aromatic carbocycles. The van der Waals surface area contributed by atoms with Crippen molar-refractivity contribution in [2.24, 2.45) is 0 Å². The van der Waals surface area contributed by atoms with E-state index in [-0.39, 0.29) is 18.5 Å². The second kappa shape index (κ2) is 10.7. The number of benzene rings is 3. The minimum Gasteiger partial charge on any atom is -0.497 e. The number of halogens is 1. The number of ether oxygens (including phenoxy) is 1. The number of amides is 1. The molecule has 0 bridgehead atoms. The summed E-state index contributed by atoms with van der Waals surface area (Å²) in [6.07, 6.45) is 1.86. The van der Waals surface area contributed by atoms with E-state index in [0.29, 0.717) is 21.8 Å². The van der Waals surface area contributed by atoms with Gasteiger partial charge in [-0.15, -0.1) is 0 Å². The molecule has 0 radical (unpaired) electrons. The fourth-order valence-electron chi connectivity index (χ4n) is 3.46. The Labute approximate surface area is 200 Å². The molecule has 1 amide bonds. The summed E-state index contributed by atoms with van der Waals surface area (Å²) in [5, 5.41) is 3.53. The molecule has 0 saturated carbocycles. The van der Waals surface area contributed by atoms with Crippen molar-refractivity contribution in [3.8, 4) is 5.75 Å². The Morgan fingerprint density at radius 1 is 1.03 bits per heavy atom. The van der Waals surface area contributed by atoms with Crippen LogP contribution in [0.1, 0.15) is 40.9 Å². The highest BCUT2D eigenvalue weighted by Crippen LogP contribution is 2.25. The zero-order valence-corrected chi connectivity index (χ0v) is 20.4. The molecular weight excluding hydrogens is 460 g/mol. The maximum Gasteiger partial charge on any atom is 0.251 e. The van der Waals surface area contributed by atoms with Crippen molar-refractivity contribution in [1.82, 2.24) is 5.32 Å². The van der Waals surface area contributed by atoms with Crippen LogP contribution in [0.15, 0.2) is 72.8 Å². The number of nitrogens with zero attached hydrogens (tertiary/aromatic N) is 1. The van der Waals surface area contributed by atoms with E-state index in [1.165, 1.54) is 4.31 Å². The molecule has 0 aliphatic carbocycles. The Morgan fingerprint density at radius 3 is 2.21 bits per heavy atom. The van der Waals surface area contributed by atoms with Crippen molar-refractivity contribution in [3.63, 3.8) is 0 Å². The van der Waals surface area contributed by atoms with Gasteiger partial charge >= 0.3 is 0 Å². The fraction of sp³-hybridized carbons (Fsp3) is 0.240. The van der Waals surface area contributed by atoms with Crippen molar-refractivity contribution in [3.05, 3.63) is 94.5 Å². The predicted molar refractivity (Wildman–Crippen MR) is 132 cm³/mol. The zero-order chi connectivity index (χ0) is 24.0. The second-order valence-electron chi connectivity index (χ2n) is 7.62. The number of sulfonamides is 1. The summed E-state index contributed by atoms with van der Waals surface area (Å²) in [7, 11) is -1.96. The number of rotatable bonds is 9. The summed E-state index contributed by atoms with van der Waals surface area (Å²) in [6.45, 7) is 2.09. The molecule has 6 nitrogen and oxygen atoms in total. The topological polar surface area (TPSA) is 75.7 Å². The van der Waals surface area contributed by atoms with Gasteiger partial charge in [0.25, 0.3) is 5.91 Å². The highest BCUT2D eigenvalue weighted by Gasteiger charge is 2.20. The number of hydrogen-bond acceptors (Lipinski definition) is 4. The van der Waals surface area contributed by atoms with Crippen molar-refractivity contribution in [2.75, 3.05) is 17.7 Å². The molecule has 0 saturated heterocycles. The Morgan fingerprint density at radius 2 is 1.67 bits per heavy atom. The quantitative estimate of drug-likeness (QED) is 0.451. The van der Waals surface area contributed by atoms with E-state index in [9.17, 15) is 13.2 Å². The van der Waals surface area contributed by atoms with E-state index in [1.54, 1.807) is 49.6 Å². The fourth-order valence-corrected chi connectivity index (χ4v) is 4.53. The van der Waals surface area contributed by atoms with Crippen molar-refractivity contribution >= 4 is 33.2 Å². The lowest BCUT2D eigenvalue weighted by Crippen LogP contribution is -2.30. The minimum absolute atomic E-state index is 0.0967. The van der Waals surface area contributed by atoms with Gasteiger partial charge in [-0.2, -0.15) is 0 Å². The summed E-state index contributed by atoms with van der Waals surface area (Å²) >= 11 is 6.22. The van der Waals surface area contributed by atoms with Gasteiger partial charge in [0, 0.05) is 10.6 Å². The molecule has 0 spiro atoms. The summed E-state index contributed by atoms with van der Waals surface area (Å²) in [6, 6.07) is 21.0. The Balaban J connectivity index is 1.77. The average Bonchev–Trinajstić information content (AvgIpc) is 2.81. The van der Waals surface area contributed by atoms with E-state index in [0.717, 1.165) is 24.0 Å². The molecule has 1 unspecified atom stereocenters. The molecule has 8 heteroatoms. The molecular formula is C25H27ClN2O4S. The van der Waals surface area contributed by atoms with Crippen molar-refractivity contribution < 1.29 is 17.9 Å². The van der Waals surface area contributed by atoms with Crippen molar-refractivity contribution in [2.45, 2.75) is 25.9 Å². The Kier molecular flexibility index (Phi) is 8.00. The van der Waals surface area contributed by atoms with Crippen LogP contribution in [0.3, 0.4) is 0 Å². The SMILES string of the molecule is CCC(NC(=O)c1ccc(N(Cc2ccccc2Cl)S(C)(=O)=O)cc1)c1ccc(OC)cc1. The number of hydrogen-bond donors (Lipinski definition) is 1. The minimum atomic E-state index is -3.57. The normalized spacial score (nSPS) is 12.1. The smallest absolute Gasteiger partial charge is 0.251 e. The van der Waals surface area contributed by atoms with Crippen LogP contribution in [0.25, 0.3) is 0 Å². The monoisotopic (exact) mass is 486 g/mol. The number of anilines is 1. The van der Waals surface area contributed by atoms with E-state index >= 15 is 0 Å². The third kappa shape index (κ3) is 6.27. The Hall–Kier alpha value is -3.03. The molecule has 1 N–H and O–H groups in total. The summed E-state index contributed by atoms with van der Waals surface area (Å²) < 4.78 is 31.4. The largest absolute Gasteiger partial charge is 0.497 e. The Bertz CT molecular complexity index is 1200. The molecule has 0 aromatic heterocycles. The number of nitrogens with one attached hydrogen (secondary N) is 1. The highest BCUT2D eigenvalue weighted by atomic mass is 35.5. The van der Waals surface area contributed by atoms with Gasteiger partial charge in [0.15, 0.2) is 0 Å². The molecule has 33 heavy (non-hydrogen) atoms. The molecule has 3 rings (SSSR count). The number of carbonyl (C=O) groups excluding carboxylic acids is 1. The molecule has 0 fully saturated rings. The number of carbonyl (C=O) groups is 1. The van der Waals surface area contributed by atoms with Gasteiger partial charge in [0.2, 0.25) is 10.0 Å². The first-order valence-electron chi connectivity index (χ1n) is 10.5. The first-order chi connectivity index (χ1) is 15.7. The number of methoxy groups -OCH3 is 1. The van der Waals surface area contributed by atoms with Gasteiger partial charge in [-0.05, 0) is 60.0 Å². The maximum absolute atomic E-state index is 12.8. The van der Waals surface area contributed by atoms with Crippen LogP contribution in [0.2, 0.25) is 5.02 Å². The van der Waals surface area contributed by atoms with E-state index in [1.807, 2.05) is 37.3 Å². The van der Waals surface area contributed by atoms with Gasteiger partial charge < -0.3 is 10.1 Å². The molecule has 0 aliphatic heterocycles. The van der Waals surface area contributed by atoms with Crippen molar-refractivity contribution in [1.29, 1.82) is 0 Å². The van der Waals surface area contributed by atoms with Crippen LogP contribution in [0.4, 0.5) is 5.69 Å². The summed E-state index contributed by atoms with van der Waals surface area (Å²) in [4.78, 5) is 12.8. The van der Waals surface area contributed by atoms with E-state index in [2.05, 4.69) is 5.32 Å². The van der Waals surface area contributed by atoms with Gasteiger partial charge in [0.1, 0.15) is 5.75 Å². The van der Waals surface area contributed by atoms with E-state index in [4.69, 9.17) is 16.3 Å². The average molecular weight is 487 g/mol. The molecule has 1 atom stereocenters. The standard InChI is InChI=1S/C25H27ClN2O4S/c1-4-24(18-11-15-22(32-2)16-12-18)27-25(29)19-9-13-21(14-10-19)28(33(3,30)31)17-20-7-5-6-8-23(20)26/h5-16,24H,4,17H2,1-3H3,(H,27,29). The first-order valence-corrected chi connectivity index (χ1v) is 12.7. The van der Waals surface area contributed by atoms with Crippen LogP contribution in [-0.4, -0.2) is 27.7 Å². The lowest BCUT2D eigenvalue weighted by molar-refractivity contribution is 0.0935. The van der Waals surface area contributed by atoms with Crippen LogP contribution in [-0.2, 0) is 16.6 Å². The van der Waals surface area contributed by atoms with Crippen LogP contribution in [0.5, 0.6) is 5.75 Å². The van der Waals surface area contributed by atoms with Gasteiger partial charge in [-0.1, -0.05) is 48.9 Å². The zero-order valence-electron chi connectivity index (χ0n) is 18.8. The van der Waals surface area contributed by atoms with Gasteiger partial charge in [-0.25, -0.2) is 8.42 Å². The van der Waals surface area contributed by atoms with Crippen LogP contribution < -0.4 is 14.4 Å². The van der Waals surface area contributed by atoms with Crippen LogP contribution in [0, 0.1) is 0 Å². The van der Waals surface area contributed by atoms with Crippen LogP contribution >= 0.6 is 11.6 Å². The predicted octanol–water partition coefficient (Wildman–Crippen LogP) is 5.20. The van der Waals surface area contributed by atoms with Gasteiger partial charge in [-0.3, -0.25) is 9.10 Å².